The predicted molar refractivity (Wildman–Crippen MR) is 82.3 cm³/mol. The average molecular weight is 377 g/mol. The van der Waals surface area contributed by atoms with Crippen LogP contribution in [0.15, 0.2) is 40.9 Å². The Morgan fingerprint density at radius 1 is 1.19 bits per heavy atom. The summed E-state index contributed by atoms with van der Waals surface area (Å²) in [4.78, 5) is 0. The molecule has 0 aromatic heterocycles. The second-order valence-electron chi connectivity index (χ2n) is 4.63. The summed E-state index contributed by atoms with van der Waals surface area (Å²) in [5.74, 6) is -2.08. The highest BCUT2D eigenvalue weighted by Gasteiger charge is 2.25. The molecular formula is C15H13BrClF2NO. The first-order chi connectivity index (χ1) is 9.93. The zero-order chi connectivity index (χ0) is 15.6. The van der Waals surface area contributed by atoms with Gasteiger partial charge in [-0.25, -0.2) is 8.78 Å². The fourth-order valence-corrected chi connectivity index (χ4v) is 2.67. The lowest BCUT2D eigenvalue weighted by Gasteiger charge is -2.23. The molecule has 0 fully saturated rings. The Bertz CT molecular complexity index is 654. The fraction of sp³-hybridized carbons (Fsp3) is 0.200. The Kier molecular flexibility index (Phi) is 5.32. The third-order valence-corrected chi connectivity index (χ3v) is 4.50. The van der Waals surface area contributed by atoms with Gasteiger partial charge >= 0.3 is 0 Å². The lowest BCUT2D eigenvalue weighted by atomic mass is 9.89. The minimum atomic E-state index is -1.02. The summed E-state index contributed by atoms with van der Waals surface area (Å²) in [5, 5.41) is 10.9. The monoisotopic (exact) mass is 375 g/mol. The molecule has 0 saturated heterocycles. The summed E-state index contributed by atoms with van der Waals surface area (Å²) >= 11 is 9.17. The van der Waals surface area contributed by atoms with E-state index >= 15 is 0 Å². The minimum Gasteiger partial charge on any atom is -0.388 e. The van der Waals surface area contributed by atoms with Crippen LogP contribution < -0.4 is 5.73 Å². The van der Waals surface area contributed by atoms with Gasteiger partial charge in [-0.1, -0.05) is 23.7 Å². The van der Waals surface area contributed by atoms with Crippen LogP contribution in [0.2, 0.25) is 5.02 Å². The van der Waals surface area contributed by atoms with Gasteiger partial charge in [-0.2, -0.15) is 0 Å². The number of hydrogen-bond donors (Lipinski definition) is 2. The SMILES string of the molecule is NCC(c1ccc(F)cc1F)C(O)c1ccc(Cl)c(Br)c1. The standard InChI is InChI=1S/C15H13BrClF2NO/c16-12-5-8(1-4-13(12)17)15(21)11(7-20)10-3-2-9(18)6-14(10)19/h1-6,11,15,21H,7,20H2. The minimum absolute atomic E-state index is 0.0178. The lowest BCUT2D eigenvalue weighted by molar-refractivity contribution is 0.145. The summed E-state index contributed by atoms with van der Waals surface area (Å²) in [6.07, 6.45) is -1.02. The molecule has 2 nitrogen and oxygen atoms in total. The molecule has 0 heterocycles. The van der Waals surface area contributed by atoms with Gasteiger partial charge in [0.25, 0.3) is 0 Å². The summed E-state index contributed by atoms with van der Waals surface area (Å²) in [6, 6.07) is 8.14. The summed E-state index contributed by atoms with van der Waals surface area (Å²) in [5.41, 5.74) is 6.38. The molecule has 3 N–H and O–H groups in total. The van der Waals surface area contributed by atoms with E-state index in [1.165, 1.54) is 6.07 Å². The topological polar surface area (TPSA) is 46.2 Å². The van der Waals surface area contributed by atoms with Crippen molar-refractivity contribution in [3.63, 3.8) is 0 Å². The van der Waals surface area contributed by atoms with Crippen molar-refractivity contribution >= 4 is 27.5 Å². The van der Waals surface area contributed by atoms with Crippen molar-refractivity contribution in [3.8, 4) is 0 Å². The third-order valence-electron chi connectivity index (χ3n) is 3.28. The van der Waals surface area contributed by atoms with E-state index in [0.29, 0.717) is 15.1 Å². The largest absolute Gasteiger partial charge is 0.388 e. The molecule has 0 radical (unpaired) electrons. The van der Waals surface area contributed by atoms with Crippen LogP contribution in [0, 0.1) is 11.6 Å². The molecule has 2 aromatic rings. The van der Waals surface area contributed by atoms with Gasteiger partial charge in [-0.15, -0.1) is 0 Å². The molecule has 6 heteroatoms. The molecule has 0 saturated carbocycles. The van der Waals surface area contributed by atoms with Crippen molar-refractivity contribution < 1.29 is 13.9 Å². The van der Waals surface area contributed by atoms with Crippen LogP contribution in [0.4, 0.5) is 8.78 Å². The van der Waals surface area contributed by atoms with E-state index in [-0.39, 0.29) is 12.1 Å². The van der Waals surface area contributed by atoms with Crippen LogP contribution in [0.25, 0.3) is 0 Å². The van der Waals surface area contributed by atoms with Crippen molar-refractivity contribution in [3.05, 3.63) is 68.7 Å². The van der Waals surface area contributed by atoms with E-state index in [1.54, 1.807) is 18.2 Å². The van der Waals surface area contributed by atoms with E-state index in [4.69, 9.17) is 17.3 Å². The summed E-state index contributed by atoms with van der Waals surface area (Å²) in [6.45, 7) is 0.0178. The summed E-state index contributed by atoms with van der Waals surface area (Å²) < 4.78 is 27.5. The van der Waals surface area contributed by atoms with Crippen LogP contribution in [0.1, 0.15) is 23.1 Å². The maximum absolute atomic E-state index is 13.9. The molecular weight excluding hydrogens is 364 g/mol. The highest BCUT2D eigenvalue weighted by Crippen LogP contribution is 2.34. The van der Waals surface area contributed by atoms with Gasteiger partial charge in [-0.3, -0.25) is 0 Å². The highest BCUT2D eigenvalue weighted by atomic mass is 79.9. The molecule has 0 aliphatic carbocycles. The summed E-state index contributed by atoms with van der Waals surface area (Å²) in [7, 11) is 0. The Balaban J connectivity index is 2.37. The first-order valence-corrected chi connectivity index (χ1v) is 7.39. The van der Waals surface area contributed by atoms with Crippen molar-refractivity contribution in [2.45, 2.75) is 12.0 Å². The first-order valence-electron chi connectivity index (χ1n) is 6.22. The zero-order valence-electron chi connectivity index (χ0n) is 10.9. The molecule has 0 spiro atoms. The predicted octanol–water partition coefficient (Wildman–Crippen LogP) is 4.16. The smallest absolute Gasteiger partial charge is 0.129 e. The van der Waals surface area contributed by atoms with E-state index < -0.39 is 23.7 Å². The van der Waals surface area contributed by atoms with E-state index in [0.717, 1.165) is 12.1 Å². The van der Waals surface area contributed by atoms with Crippen molar-refractivity contribution in [1.82, 2.24) is 0 Å². The normalized spacial score (nSPS) is 14.0. The lowest BCUT2D eigenvalue weighted by Crippen LogP contribution is -2.21. The molecule has 2 rings (SSSR count). The second-order valence-corrected chi connectivity index (χ2v) is 5.89. The van der Waals surface area contributed by atoms with Gasteiger partial charge in [0.05, 0.1) is 11.1 Å². The fourth-order valence-electron chi connectivity index (χ4n) is 2.16. The molecule has 0 aliphatic rings. The number of rotatable bonds is 4. The maximum Gasteiger partial charge on any atom is 0.129 e. The van der Waals surface area contributed by atoms with Gasteiger partial charge in [0.15, 0.2) is 0 Å². The first kappa shape index (κ1) is 16.4. The number of nitrogens with two attached hydrogens (primary N) is 1. The Labute approximate surface area is 134 Å². The van der Waals surface area contributed by atoms with Crippen molar-refractivity contribution in [2.75, 3.05) is 6.54 Å². The van der Waals surface area contributed by atoms with Gasteiger partial charge < -0.3 is 10.8 Å². The van der Waals surface area contributed by atoms with Crippen molar-refractivity contribution in [2.24, 2.45) is 5.73 Å². The van der Waals surface area contributed by atoms with Gasteiger partial charge in [0.2, 0.25) is 0 Å². The molecule has 2 atom stereocenters. The third kappa shape index (κ3) is 3.61. The highest BCUT2D eigenvalue weighted by molar-refractivity contribution is 9.10. The van der Waals surface area contributed by atoms with E-state index in [1.807, 2.05) is 0 Å². The van der Waals surface area contributed by atoms with Crippen LogP contribution >= 0.6 is 27.5 Å². The Morgan fingerprint density at radius 2 is 1.90 bits per heavy atom. The maximum atomic E-state index is 13.9. The molecule has 0 bridgehead atoms. The quantitative estimate of drug-likeness (QED) is 0.842. The Hall–Kier alpha value is -1.01. The van der Waals surface area contributed by atoms with Gasteiger partial charge in [0.1, 0.15) is 11.6 Å². The molecule has 2 unspecified atom stereocenters. The van der Waals surface area contributed by atoms with Gasteiger partial charge in [-0.05, 0) is 45.3 Å². The van der Waals surface area contributed by atoms with E-state index in [9.17, 15) is 13.9 Å². The molecule has 0 amide bonds. The van der Waals surface area contributed by atoms with E-state index in [2.05, 4.69) is 15.9 Å². The number of aliphatic hydroxyl groups is 1. The molecule has 2 aromatic carbocycles. The molecule has 112 valence electrons. The number of aliphatic hydroxyl groups excluding tert-OH is 1. The van der Waals surface area contributed by atoms with Gasteiger partial charge in [0, 0.05) is 23.0 Å². The van der Waals surface area contributed by atoms with Crippen LogP contribution in [-0.4, -0.2) is 11.7 Å². The van der Waals surface area contributed by atoms with Crippen LogP contribution in [0.5, 0.6) is 0 Å². The second kappa shape index (κ2) is 6.83. The zero-order valence-corrected chi connectivity index (χ0v) is 13.2. The Morgan fingerprint density at radius 3 is 2.48 bits per heavy atom. The number of hydrogen-bond acceptors (Lipinski definition) is 2. The number of halogens is 4. The van der Waals surface area contributed by atoms with Crippen LogP contribution in [-0.2, 0) is 0 Å². The molecule has 21 heavy (non-hydrogen) atoms. The van der Waals surface area contributed by atoms with Crippen molar-refractivity contribution in [1.29, 1.82) is 0 Å². The average Bonchev–Trinajstić information content (AvgIpc) is 2.44. The molecule has 0 aliphatic heterocycles. The number of benzene rings is 2. The van der Waals surface area contributed by atoms with Crippen LogP contribution in [0.3, 0.4) is 0 Å².